The highest BCUT2D eigenvalue weighted by molar-refractivity contribution is 7.89. The van der Waals surface area contributed by atoms with E-state index in [4.69, 9.17) is 9.47 Å². The van der Waals surface area contributed by atoms with E-state index in [-0.39, 0.29) is 5.75 Å². The Balaban J connectivity index is 2.43. The largest absolute Gasteiger partial charge is 0.352 e. The molecule has 6 nitrogen and oxygen atoms in total. The number of likely N-dealkylation sites (tertiary alicyclic amines) is 1. The third kappa shape index (κ3) is 3.39. The van der Waals surface area contributed by atoms with Crippen molar-refractivity contribution in [2.75, 3.05) is 46.7 Å². The van der Waals surface area contributed by atoms with Crippen LogP contribution in [0.4, 0.5) is 0 Å². The van der Waals surface area contributed by atoms with Gasteiger partial charge in [-0.05, 0) is 7.05 Å². The third-order valence-electron chi connectivity index (χ3n) is 3.00. The first-order valence-corrected chi connectivity index (χ1v) is 6.86. The van der Waals surface area contributed by atoms with Crippen molar-refractivity contribution in [3.63, 3.8) is 0 Å². The van der Waals surface area contributed by atoms with Gasteiger partial charge in [0, 0.05) is 33.7 Å². The van der Waals surface area contributed by atoms with Gasteiger partial charge >= 0.3 is 0 Å². The minimum Gasteiger partial charge on any atom is -0.352 e. The number of nitrogens with zero attached hydrogens (tertiary/aromatic N) is 1. The standard InChI is InChI=1S/C9H20N2O4S/c1-10-16(12,13)7-6-11-5-4-9(8-11,14-2)15-3/h10H,4-8H2,1-3H3. The Labute approximate surface area is 97.0 Å². The normalized spacial score (nSPS) is 21.4. The molecule has 1 heterocycles. The van der Waals surface area contributed by atoms with Gasteiger partial charge in [-0.1, -0.05) is 0 Å². The lowest BCUT2D eigenvalue weighted by Gasteiger charge is -2.26. The minimum absolute atomic E-state index is 0.104. The summed E-state index contributed by atoms with van der Waals surface area (Å²) in [6.07, 6.45) is 0.763. The second-order valence-electron chi connectivity index (χ2n) is 3.87. The fourth-order valence-corrected chi connectivity index (χ4v) is 2.49. The topological polar surface area (TPSA) is 67.9 Å². The van der Waals surface area contributed by atoms with Crippen LogP contribution in [0.1, 0.15) is 6.42 Å². The van der Waals surface area contributed by atoms with Gasteiger partial charge in [-0.3, -0.25) is 4.90 Å². The summed E-state index contributed by atoms with van der Waals surface area (Å²) in [6, 6.07) is 0. The third-order valence-corrected chi connectivity index (χ3v) is 4.35. The average molecular weight is 252 g/mol. The zero-order valence-corrected chi connectivity index (χ0v) is 10.8. The molecule has 1 saturated heterocycles. The summed E-state index contributed by atoms with van der Waals surface area (Å²) in [7, 11) is 1.51. The molecule has 1 rings (SSSR count). The number of nitrogens with one attached hydrogen (secondary N) is 1. The van der Waals surface area contributed by atoms with Gasteiger partial charge in [0.15, 0.2) is 5.79 Å². The summed E-state index contributed by atoms with van der Waals surface area (Å²) in [4.78, 5) is 2.03. The Bertz CT molecular complexity index is 313. The fraction of sp³-hybridized carbons (Fsp3) is 1.00. The predicted molar refractivity (Wildman–Crippen MR) is 60.7 cm³/mol. The molecule has 16 heavy (non-hydrogen) atoms. The number of methoxy groups -OCH3 is 2. The molecule has 0 radical (unpaired) electrons. The molecular formula is C9H20N2O4S. The van der Waals surface area contributed by atoms with E-state index in [1.165, 1.54) is 7.05 Å². The number of sulfonamides is 1. The summed E-state index contributed by atoms with van der Waals surface area (Å²) in [6.45, 7) is 1.90. The van der Waals surface area contributed by atoms with E-state index >= 15 is 0 Å². The molecular weight excluding hydrogens is 232 g/mol. The molecule has 0 aromatic heterocycles. The quantitative estimate of drug-likeness (QED) is 0.629. The van der Waals surface area contributed by atoms with E-state index in [1.807, 2.05) is 4.90 Å². The Morgan fingerprint density at radius 3 is 2.44 bits per heavy atom. The van der Waals surface area contributed by atoms with Crippen LogP contribution in [0.5, 0.6) is 0 Å². The van der Waals surface area contributed by atoms with Gasteiger partial charge < -0.3 is 9.47 Å². The van der Waals surface area contributed by atoms with Crippen LogP contribution in [0.3, 0.4) is 0 Å². The fourth-order valence-electron chi connectivity index (χ4n) is 1.79. The van der Waals surface area contributed by atoms with E-state index < -0.39 is 15.8 Å². The SMILES string of the molecule is CNS(=O)(=O)CCN1CCC(OC)(OC)C1. The van der Waals surface area contributed by atoms with Crippen molar-refractivity contribution in [3.05, 3.63) is 0 Å². The molecule has 0 aromatic rings. The number of hydrogen-bond donors (Lipinski definition) is 1. The molecule has 0 aromatic carbocycles. The maximum atomic E-state index is 11.3. The first-order chi connectivity index (χ1) is 7.47. The van der Waals surface area contributed by atoms with Crippen molar-refractivity contribution < 1.29 is 17.9 Å². The van der Waals surface area contributed by atoms with Crippen LogP contribution in [-0.4, -0.2) is 65.8 Å². The van der Waals surface area contributed by atoms with Crippen molar-refractivity contribution in [1.82, 2.24) is 9.62 Å². The molecule has 0 aliphatic carbocycles. The van der Waals surface area contributed by atoms with E-state index in [0.29, 0.717) is 13.1 Å². The summed E-state index contributed by atoms with van der Waals surface area (Å²) < 4.78 is 35.4. The highest BCUT2D eigenvalue weighted by Crippen LogP contribution is 2.24. The zero-order chi connectivity index (χ0) is 12.2. The number of rotatable bonds is 6. The van der Waals surface area contributed by atoms with Crippen LogP contribution in [0.2, 0.25) is 0 Å². The summed E-state index contributed by atoms with van der Waals surface area (Å²) >= 11 is 0. The van der Waals surface area contributed by atoms with Gasteiger partial charge in [0.1, 0.15) is 0 Å². The molecule has 0 bridgehead atoms. The van der Waals surface area contributed by atoms with Crippen LogP contribution >= 0.6 is 0 Å². The smallest absolute Gasteiger partial charge is 0.212 e. The van der Waals surface area contributed by atoms with Crippen LogP contribution in [0, 0.1) is 0 Å². The number of hydrogen-bond acceptors (Lipinski definition) is 5. The Morgan fingerprint density at radius 1 is 1.38 bits per heavy atom. The van der Waals surface area contributed by atoms with Crippen molar-refractivity contribution >= 4 is 10.0 Å². The maximum absolute atomic E-state index is 11.3. The van der Waals surface area contributed by atoms with Crippen molar-refractivity contribution in [2.24, 2.45) is 0 Å². The zero-order valence-electron chi connectivity index (χ0n) is 10.0. The summed E-state index contributed by atoms with van der Waals surface area (Å²) in [5.74, 6) is -0.462. The summed E-state index contributed by atoms with van der Waals surface area (Å²) in [5.41, 5.74) is 0. The Kier molecular flexibility index (Phi) is 4.69. The predicted octanol–water partition coefficient (Wildman–Crippen LogP) is -0.770. The lowest BCUT2D eigenvalue weighted by molar-refractivity contribution is -0.195. The van der Waals surface area contributed by atoms with Crippen LogP contribution in [0.15, 0.2) is 0 Å². The van der Waals surface area contributed by atoms with E-state index in [0.717, 1.165) is 13.0 Å². The van der Waals surface area contributed by atoms with Gasteiger partial charge in [-0.2, -0.15) is 0 Å². The average Bonchev–Trinajstić information content (AvgIpc) is 2.71. The maximum Gasteiger partial charge on any atom is 0.212 e. The molecule has 0 amide bonds. The van der Waals surface area contributed by atoms with Crippen molar-refractivity contribution in [2.45, 2.75) is 12.2 Å². The summed E-state index contributed by atoms with van der Waals surface area (Å²) in [5, 5.41) is 0. The van der Waals surface area contributed by atoms with Gasteiger partial charge in [0.2, 0.25) is 10.0 Å². The molecule has 7 heteroatoms. The van der Waals surface area contributed by atoms with Crippen LogP contribution in [0.25, 0.3) is 0 Å². The molecule has 1 aliphatic heterocycles. The van der Waals surface area contributed by atoms with E-state index in [2.05, 4.69) is 4.72 Å². The van der Waals surface area contributed by atoms with E-state index in [9.17, 15) is 8.42 Å². The van der Waals surface area contributed by atoms with Gasteiger partial charge in [-0.25, -0.2) is 13.1 Å². The Hall–Kier alpha value is -0.210. The lowest BCUT2D eigenvalue weighted by atomic mass is 10.2. The first kappa shape index (κ1) is 13.9. The van der Waals surface area contributed by atoms with Crippen molar-refractivity contribution in [1.29, 1.82) is 0 Å². The molecule has 1 N–H and O–H groups in total. The van der Waals surface area contributed by atoms with Gasteiger partial charge in [-0.15, -0.1) is 0 Å². The second-order valence-corrected chi connectivity index (χ2v) is 5.91. The van der Waals surface area contributed by atoms with E-state index in [1.54, 1.807) is 14.2 Å². The monoisotopic (exact) mass is 252 g/mol. The first-order valence-electron chi connectivity index (χ1n) is 5.21. The second kappa shape index (κ2) is 5.42. The molecule has 96 valence electrons. The van der Waals surface area contributed by atoms with Crippen LogP contribution < -0.4 is 4.72 Å². The molecule has 0 atom stereocenters. The van der Waals surface area contributed by atoms with Gasteiger partial charge in [0.25, 0.3) is 0 Å². The highest BCUT2D eigenvalue weighted by Gasteiger charge is 2.38. The lowest BCUT2D eigenvalue weighted by Crippen LogP contribution is -2.39. The molecule has 0 saturated carbocycles. The Morgan fingerprint density at radius 2 is 2.00 bits per heavy atom. The molecule has 1 aliphatic rings. The van der Waals surface area contributed by atoms with Crippen LogP contribution in [-0.2, 0) is 19.5 Å². The minimum atomic E-state index is -3.13. The molecule has 0 unspecified atom stereocenters. The van der Waals surface area contributed by atoms with Gasteiger partial charge in [0.05, 0.1) is 12.3 Å². The van der Waals surface area contributed by atoms with Crippen molar-refractivity contribution in [3.8, 4) is 0 Å². The highest BCUT2D eigenvalue weighted by atomic mass is 32.2. The number of ether oxygens (including phenoxy) is 2. The molecule has 1 fully saturated rings. The molecule has 0 spiro atoms.